The number of rotatable bonds is 6. The standard InChI is InChI=1S/C18H18N2O5/c1-23-13-8-6-11(10-15(13)24-2)7-9-16(21)19-12-4-3-5-14-17(12)20-18(22)25-14/h3-6,8,10H,7,9H2,1-2H3,(H,19,21)(H,20,22). The first-order valence-electron chi connectivity index (χ1n) is 7.73. The molecule has 2 aromatic carbocycles. The Morgan fingerprint density at radius 2 is 1.96 bits per heavy atom. The summed E-state index contributed by atoms with van der Waals surface area (Å²) in [6.07, 6.45) is 0.831. The number of hydrogen-bond donors (Lipinski definition) is 2. The van der Waals surface area contributed by atoms with Gasteiger partial charge in [-0.1, -0.05) is 12.1 Å². The summed E-state index contributed by atoms with van der Waals surface area (Å²) < 4.78 is 15.4. The third-order valence-corrected chi connectivity index (χ3v) is 3.82. The van der Waals surface area contributed by atoms with E-state index >= 15 is 0 Å². The summed E-state index contributed by atoms with van der Waals surface area (Å²) in [4.78, 5) is 26.1. The van der Waals surface area contributed by atoms with E-state index in [1.54, 1.807) is 32.4 Å². The first kappa shape index (κ1) is 16.6. The monoisotopic (exact) mass is 342 g/mol. The van der Waals surface area contributed by atoms with Gasteiger partial charge in [-0.15, -0.1) is 0 Å². The fraction of sp³-hybridized carbons (Fsp3) is 0.222. The Bertz CT molecular complexity index is 957. The number of fused-ring (bicyclic) bond motifs is 1. The van der Waals surface area contributed by atoms with E-state index in [-0.39, 0.29) is 12.3 Å². The fourth-order valence-electron chi connectivity index (χ4n) is 2.58. The number of para-hydroxylation sites is 1. The molecule has 130 valence electrons. The number of carbonyl (C=O) groups is 1. The smallest absolute Gasteiger partial charge is 0.417 e. The molecule has 2 N–H and O–H groups in total. The Morgan fingerprint density at radius 1 is 1.16 bits per heavy atom. The number of oxazole rings is 1. The Labute approximate surface area is 143 Å². The maximum Gasteiger partial charge on any atom is 0.417 e. The average molecular weight is 342 g/mol. The Kier molecular flexibility index (Phi) is 4.74. The summed E-state index contributed by atoms with van der Waals surface area (Å²) >= 11 is 0. The van der Waals surface area contributed by atoms with E-state index in [1.165, 1.54) is 0 Å². The second kappa shape index (κ2) is 7.12. The highest BCUT2D eigenvalue weighted by Gasteiger charge is 2.10. The molecule has 0 aliphatic carbocycles. The molecule has 0 fully saturated rings. The number of aryl methyl sites for hydroxylation is 1. The van der Waals surface area contributed by atoms with Gasteiger partial charge < -0.3 is 19.2 Å². The second-order valence-electron chi connectivity index (χ2n) is 5.43. The van der Waals surface area contributed by atoms with Crippen LogP contribution in [0.5, 0.6) is 11.5 Å². The summed E-state index contributed by atoms with van der Waals surface area (Å²) in [6.45, 7) is 0. The molecular formula is C18H18N2O5. The molecule has 3 rings (SSSR count). The van der Waals surface area contributed by atoms with E-state index in [0.717, 1.165) is 5.56 Å². The van der Waals surface area contributed by atoms with Crippen LogP contribution in [-0.4, -0.2) is 25.1 Å². The van der Waals surface area contributed by atoms with Gasteiger partial charge in [-0.3, -0.25) is 9.78 Å². The van der Waals surface area contributed by atoms with Crippen LogP contribution >= 0.6 is 0 Å². The highest BCUT2D eigenvalue weighted by atomic mass is 16.5. The molecule has 1 amide bonds. The molecule has 3 aromatic rings. The highest BCUT2D eigenvalue weighted by molar-refractivity contribution is 5.98. The van der Waals surface area contributed by atoms with Crippen molar-refractivity contribution in [3.05, 3.63) is 52.5 Å². The summed E-state index contributed by atoms with van der Waals surface area (Å²) in [5.74, 6) is 0.554. The van der Waals surface area contributed by atoms with Gasteiger partial charge in [-0.2, -0.15) is 0 Å². The van der Waals surface area contributed by atoms with Gasteiger partial charge in [-0.05, 0) is 36.2 Å². The van der Waals surface area contributed by atoms with Gasteiger partial charge >= 0.3 is 5.76 Å². The van der Waals surface area contributed by atoms with Gasteiger partial charge in [0.05, 0.1) is 19.9 Å². The zero-order chi connectivity index (χ0) is 17.8. The Balaban J connectivity index is 1.67. The van der Waals surface area contributed by atoms with Crippen LogP contribution in [0, 0.1) is 0 Å². The minimum atomic E-state index is -0.554. The molecule has 25 heavy (non-hydrogen) atoms. The van der Waals surface area contributed by atoms with E-state index in [0.29, 0.717) is 34.7 Å². The average Bonchev–Trinajstić information content (AvgIpc) is 3.01. The number of aromatic amines is 1. The van der Waals surface area contributed by atoms with Gasteiger partial charge in [0.2, 0.25) is 5.91 Å². The lowest BCUT2D eigenvalue weighted by Gasteiger charge is -2.10. The first-order chi connectivity index (χ1) is 12.1. The summed E-state index contributed by atoms with van der Waals surface area (Å²) in [7, 11) is 3.15. The third-order valence-electron chi connectivity index (χ3n) is 3.82. The zero-order valence-corrected chi connectivity index (χ0v) is 13.9. The zero-order valence-electron chi connectivity index (χ0n) is 13.9. The van der Waals surface area contributed by atoms with Gasteiger partial charge in [0, 0.05) is 6.42 Å². The Morgan fingerprint density at radius 3 is 2.72 bits per heavy atom. The summed E-state index contributed by atoms with van der Waals surface area (Å²) in [6, 6.07) is 10.6. The van der Waals surface area contributed by atoms with Crippen LogP contribution in [0.4, 0.5) is 5.69 Å². The largest absolute Gasteiger partial charge is 0.493 e. The maximum absolute atomic E-state index is 12.2. The number of ether oxygens (including phenoxy) is 2. The van der Waals surface area contributed by atoms with Crippen LogP contribution in [-0.2, 0) is 11.2 Å². The third kappa shape index (κ3) is 3.65. The van der Waals surface area contributed by atoms with Gasteiger partial charge in [0.25, 0.3) is 0 Å². The van der Waals surface area contributed by atoms with Crippen molar-refractivity contribution in [3.63, 3.8) is 0 Å². The summed E-state index contributed by atoms with van der Waals surface area (Å²) in [5, 5.41) is 2.79. The van der Waals surface area contributed by atoms with E-state index in [1.807, 2.05) is 18.2 Å². The van der Waals surface area contributed by atoms with Crippen LogP contribution in [0.2, 0.25) is 0 Å². The number of benzene rings is 2. The number of hydrogen-bond acceptors (Lipinski definition) is 5. The molecule has 0 saturated heterocycles. The van der Waals surface area contributed by atoms with Crippen molar-refractivity contribution in [2.45, 2.75) is 12.8 Å². The molecule has 0 radical (unpaired) electrons. The van der Waals surface area contributed by atoms with Crippen LogP contribution < -0.4 is 20.5 Å². The van der Waals surface area contributed by atoms with Crippen LogP contribution in [0.3, 0.4) is 0 Å². The number of aromatic nitrogens is 1. The number of methoxy groups -OCH3 is 2. The van der Waals surface area contributed by atoms with Crippen LogP contribution in [0.25, 0.3) is 11.1 Å². The lowest BCUT2D eigenvalue weighted by Crippen LogP contribution is -2.12. The van der Waals surface area contributed by atoms with Gasteiger partial charge in [-0.25, -0.2) is 4.79 Å². The molecule has 0 atom stereocenters. The first-order valence-corrected chi connectivity index (χ1v) is 7.73. The second-order valence-corrected chi connectivity index (χ2v) is 5.43. The number of carbonyl (C=O) groups excluding carboxylic acids is 1. The number of nitrogens with one attached hydrogen (secondary N) is 2. The van der Waals surface area contributed by atoms with Crippen molar-refractivity contribution >= 4 is 22.7 Å². The predicted molar refractivity (Wildman–Crippen MR) is 93.3 cm³/mol. The molecule has 7 nitrogen and oxygen atoms in total. The van der Waals surface area contributed by atoms with Crippen molar-refractivity contribution in [2.75, 3.05) is 19.5 Å². The lowest BCUT2D eigenvalue weighted by atomic mass is 10.1. The minimum Gasteiger partial charge on any atom is -0.493 e. The molecule has 0 aliphatic heterocycles. The minimum absolute atomic E-state index is 0.163. The highest BCUT2D eigenvalue weighted by Crippen LogP contribution is 2.28. The topological polar surface area (TPSA) is 93.6 Å². The fourth-order valence-corrected chi connectivity index (χ4v) is 2.58. The van der Waals surface area contributed by atoms with Crippen molar-refractivity contribution in [1.82, 2.24) is 4.98 Å². The van der Waals surface area contributed by atoms with Crippen LogP contribution in [0.15, 0.2) is 45.6 Å². The van der Waals surface area contributed by atoms with Crippen molar-refractivity contribution < 1.29 is 18.7 Å². The lowest BCUT2D eigenvalue weighted by molar-refractivity contribution is -0.116. The maximum atomic E-state index is 12.2. The van der Waals surface area contributed by atoms with E-state index in [9.17, 15) is 9.59 Å². The van der Waals surface area contributed by atoms with Crippen molar-refractivity contribution in [3.8, 4) is 11.5 Å². The SMILES string of the molecule is COc1ccc(CCC(=O)Nc2cccc3oc(=O)[nH]c23)cc1OC. The van der Waals surface area contributed by atoms with E-state index in [2.05, 4.69) is 10.3 Å². The van der Waals surface area contributed by atoms with Gasteiger partial charge in [0.1, 0.15) is 5.52 Å². The van der Waals surface area contributed by atoms with Crippen molar-refractivity contribution in [1.29, 1.82) is 0 Å². The molecule has 0 saturated carbocycles. The molecule has 0 bridgehead atoms. The molecule has 0 unspecified atom stereocenters. The summed E-state index contributed by atoms with van der Waals surface area (Å²) in [5.41, 5.74) is 2.36. The molecule has 7 heteroatoms. The Hall–Kier alpha value is -3.22. The normalized spacial score (nSPS) is 10.6. The van der Waals surface area contributed by atoms with Crippen LogP contribution in [0.1, 0.15) is 12.0 Å². The molecule has 0 spiro atoms. The molecule has 0 aliphatic rings. The molecular weight excluding hydrogens is 324 g/mol. The number of amides is 1. The van der Waals surface area contributed by atoms with E-state index < -0.39 is 5.76 Å². The van der Waals surface area contributed by atoms with E-state index in [4.69, 9.17) is 13.9 Å². The number of H-pyrrole nitrogens is 1. The predicted octanol–water partition coefficient (Wildman–Crippen LogP) is 2.71. The van der Waals surface area contributed by atoms with Crippen molar-refractivity contribution in [2.24, 2.45) is 0 Å². The number of anilines is 1. The molecule has 1 heterocycles. The molecule has 1 aromatic heterocycles. The quantitative estimate of drug-likeness (QED) is 0.718. The van der Waals surface area contributed by atoms with Gasteiger partial charge in [0.15, 0.2) is 17.1 Å².